The van der Waals surface area contributed by atoms with E-state index in [1.54, 1.807) is 37.4 Å². The van der Waals surface area contributed by atoms with Gasteiger partial charge in [-0.25, -0.2) is 29.8 Å². The van der Waals surface area contributed by atoms with Crippen LogP contribution >= 0.6 is 0 Å². The van der Waals surface area contributed by atoms with Gasteiger partial charge in [-0.2, -0.15) is 5.10 Å². The van der Waals surface area contributed by atoms with Gasteiger partial charge in [0.25, 0.3) is 11.6 Å². The molecule has 94 heavy (non-hydrogen) atoms. The maximum atomic E-state index is 15.3. The van der Waals surface area contributed by atoms with Crippen LogP contribution in [0.25, 0.3) is 22.0 Å². The Balaban J connectivity index is 0.806. The number of carbonyl (C=O) groups excluding carboxylic acids is 7. The van der Waals surface area contributed by atoms with Crippen LogP contribution in [0.1, 0.15) is 99.1 Å². The number of hydrogen-bond acceptors (Lipinski definition) is 17. The number of rotatable bonds is 24. The number of esters is 1. The summed E-state index contributed by atoms with van der Waals surface area (Å²) in [5.41, 5.74) is 10.8. The van der Waals surface area contributed by atoms with Crippen molar-refractivity contribution in [2.75, 3.05) is 30.7 Å². The molecule has 2 saturated heterocycles. The van der Waals surface area contributed by atoms with E-state index in [4.69, 9.17) is 9.47 Å². The van der Waals surface area contributed by atoms with E-state index in [2.05, 4.69) is 42.0 Å². The molecule has 0 bridgehead atoms. The van der Waals surface area contributed by atoms with Crippen LogP contribution in [0.2, 0.25) is 0 Å². The van der Waals surface area contributed by atoms with Crippen molar-refractivity contribution in [3.05, 3.63) is 188 Å². The molecule has 5 heterocycles. The van der Waals surface area contributed by atoms with Crippen molar-refractivity contribution in [1.82, 2.24) is 45.4 Å². The lowest BCUT2D eigenvalue weighted by Gasteiger charge is -2.41. The second-order valence-electron chi connectivity index (χ2n) is 23.8. The van der Waals surface area contributed by atoms with Gasteiger partial charge in [-0.05, 0) is 96.4 Å². The third kappa shape index (κ3) is 14.4. The molecule has 2 aromatic heterocycles. The summed E-state index contributed by atoms with van der Waals surface area (Å²) in [6.45, 7) is 3.85. The number of para-hydroxylation sites is 1. The number of hydrazone groups is 1. The van der Waals surface area contributed by atoms with E-state index >= 15 is 14.4 Å². The van der Waals surface area contributed by atoms with Crippen LogP contribution in [0.3, 0.4) is 0 Å². The molecule has 6 amide bonds. The van der Waals surface area contributed by atoms with Crippen LogP contribution in [-0.4, -0.2) is 143 Å². The van der Waals surface area contributed by atoms with Crippen molar-refractivity contribution in [3.8, 4) is 11.1 Å². The van der Waals surface area contributed by atoms with Gasteiger partial charge >= 0.3 is 17.7 Å². The average molecular weight is 1280 g/mol. The summed E-state index contributed by atoms with van der Waals surface area (Å²) in [6.07, 6.45) is 7.70. The SMILES string of the molecule is CCC(C)[C@H](NC(=O)[C@@H](Cc1c[nH]c2ccccc12)NC(=O)OCC1c2ccccc2-c2ccccc21)C(=O)N1N=CCC[C@@H]1C(=O)N1CCCC[C@H]1C(=O)N[C@H](Cc1cn(NNc2ccc([N+](=O)[O-])cc2[N+](=O)[O-])cn1)C(=O)N1CCC[C@H]1C(=O)OCc1ccccc1. The summed E-state index contributed by atoms with van der Waals surface area (Å²) in [4.78, 5) is 135. The second-order valence-corrected chi connectivity index (χ2v) is 23.8. The number of amides is 6. The topological polar surface area (TPSA) is 340 Å². The highest BCUT2D eigenvalue weighted by atomic mass is 16.6. The maximum Gasteiger partial charge on any atom is 0.407 e. The smallest absolute Gasteiger partial charge is 0.407 e. The molecule has 27 nitrogen and oxygen atoms in total. The number of likely N-dealkylation sites (tertiary alicyclic amines) is 2. The number of non-ortho nitro benzene ring substituents is 1. The van der Waals surface area contributed by atoms with Crippen molar-refractivity contribution in [2.45, 2.75) is 127 Å². The zero-order valence-electron chi connectivity index (χ0n) is 51.8. The Morgan fingerprint density at radius 3 is 2.18 bits per heavy atom. The molecule has 1 unspecified atom stereocenters. The first-order valence-corrected chi connectivity index (χ1v) is 31.5. The minimum Gasteiger partial charge on any atom is -0.459 e. The first-order valence-electron chi connectivity index (χ1n) is 31.5. The van der Waals surface area contributed by atoms with Crippen molar-refractivity contribution < 1.29 is 52.9 Å². The zero-order chi connectivity index (χ0) is 66.0. The van der Waals surface area contributed by atoms with E-state index < -0.39 is 105 Å². The summed E-state index contributed by atoms with van der Waals surface area (Å²) in [5, 5.41) is 38.3. The van der Waals surface area contributed by atoms with Gasteiger partial charge < -0.3 is 40.2 Å². The number of nitrogens with zero attached hydrogens (tertiary/aromatic N) is 8. The molecular formula is C67H72N14O13. The highest BCUT2D eigenvalue weighted by Gasteiger charge is 2.45. The summed E-state index contributed by atoms with van der Waals surface area (Å²) >= 11 is 0. The van der Waals surface area contributed by atoms with Crippen molar-refractivity contribution in [1.29, 1.82) is 0 Å². The summed E-state index contributed by atoms with van der Waals surface area (Å²) in [5.74, 6) is -4.69. The van der Waals surface area contributed by atoms with Gasteiger partial charge in [-0.15, -0.1) is 0 Å². The number of alkyl carbamates (subject to hydrolysis) is 1. The molecule has 3 aliphatic heterocycles. The van der Waals surface area contributed by atoms with Crippen molar-refractivity contribution in [3.63, 3.8) is 0 Å². The Morgan fingerprint density at radius 1 is 0.723 bits per heavy atom. The number of piperidine rings is 1. The number of aromatic amines is 1. The lowest BCUT2D eigenvalue weighted by atomic mass is 9.95. The summed E-state index contributed by atoms with van der Waals surface area (Å²) in [7, 11) is 0. The number of anilines is 1. The largest absolute Gasteiger partial charge is 0.459 e. The normalized spacial score (nSPS) is 18.0. The minimum absolute atomic E-state index is 0.00772. The molecule has 7 aromatic rings. The molecule has 488 valence electrons. The summed E-state index contributed by atoms with van der Waals surface area (Å²) in [6, 6.07) is 28.2. The number of imidazole rings is 1. The molecule has 6 N–H and O–H groups in total. The molecule has 4 aliphatic rings. The quantitative estimate of drug-likeness (QED) is 0.0193. The highest BCUT2D eigenvalue weighted by molar-refractivity contribution is 5.98. The average Bonchev–Trinajstić information content (AvgIpc) is 1.63. The van der Waals surface area contributed by atoms with Crippen LogP contribution in [-0.2, 0) is 57.7 Å². The zero-order valence-corrected chi connectivity index (χ0v) is 51.8. The Morgan fingerprint density at radius 2 is 1.44 bits per heavy atom. The molecule has 5 aromatic carbocycles. The Kier molecular flexibility index (Phi) is 20.0. The van der Waals surface area contributed by atoms with Gasteiger partial charge in [0, 0.05) is 61.2 Å². The monoisotopic (exact) mass is 1280 g/mol. The molecule has 2 fully saturated rings. The third-order valence-corrected chi connectivity index (χ3v) is 17.9. The Hall–Kier alpha value is -11.0. The van der Waals surface area contributed by atoms with Gasteiger partial charge in [-0.3, -0.25) is 49.6 Å². The molecule has 7 atom stereocenters. The summed E-state index contributed by atoms with van der Waals surface area (Å²) < 4.78 is 12.9. The van der Waals surface area contributed by atoms with E-state index in [1.807, 2.05) is 85.8 Å². The number of nitrogens with one attached hydrogen (secondary N) is 6. The Labute approximate surface area is 539 Å². The number of fused-ring (bicyclic) bond motifs is 4. The van der Waals surface area contributed by atoms with E-state index in [0.29, 0.717) is 32.1 Å². The fraction of sp³-hybridized carbons (Fsp3) is 0.358. The van der Waals surface area contributed by atoms with Crippen LogP contribution in [0.4, 0.5) is 21.9 Å². The first-order chi connectivity index (χ1) is 45.5. The lowest BCUT2D eigenvalue weighted by molar-refractivity contribution is -0.393. The number of nitro benzene ring substituents is 2. The molecule has 11 rings (SSSR count). The number of nitro groups is 2. The first kappa shape index (κ1) is 64.5. The molecule has 1 aliphatic carbocycles. The van der Waals surface area contributed by atoms with Crippen LogP contribution < -0.4 is 26.9 Å². The fourth-order valence-electron chi connectivity index (χ4n) is 12.8. The lowest BCUT2D eigenvalue weighted by Crippen LogP contribution is -2.62. The van der Waals surface area contributed by atoms with Crippen molar-refractivity contribution in [2.24, 2.45) is 11.0 Å². The number of H-pyrrole nitrogens is 1. The van der Waals surface area contributed by atoms with Gasteiger partial charge in [0.05, 0.1) is 27.8 Å². The van der Waals surface area contributed by atoms with Crippen LogP contribution in [0.5, 0.6) is 0 Å². The van der Waals surface area contributed by atoms with Crippen LogP contribution in [0, 0.1) is 26.1 Å². The standard InChI is InChI=1S/C67H72N14O13/c1-3-41(2)60(73-61(82)54(33-43-36-68-52-24-12-11-19-46(43)52)72-67(88)94-39-51-49-22-9-7-20-47(49)48-21-8-10-23-50(48)51)65(86)79-57(26-15-30-70-79)64(85)77-31-14-13-25-56(77)62(83)71-55(63(84)78-32-16-27-58(78)66(87)93-38-42-17-5-4-6-18-42)34-44-37-76(40-69-44)75-74-53-29-28-45(80(89)90)35-59(53)81(91)92/h4-12,17-24,28-30,35-37,40-41,51,54-58,60,68,74-75H,3,13-16,25-27,31-34,38-39H2,1-2H3,(H,71,83)(H,72,88)(H,73,82)/t41?,54-,55-,56+,57-,58+,60+/m1/s1. The predicted octanol–water partition coefficient (Wildman–Crippen LogP) is 7.55. The van der Waals surface area contributed by atoms with E-state index in [1.165, 1.54) is 33.2 Å². The van der Waals surface area contributed by atoms with Gasteiger partial charge in [0.15, 0.2) is 0 Å². The van der Waals surface area contributed by atoms with E-state index in [-0.39, 0.29) is 75.7 Å². The second kappa shape index (κ2) is 29.1. The van der Waals surface area contributed by atoms with Crippen molar-refractivity contribution >= 4 is 75.8 Å². The number of aromatic nitrogens is 3. The third-order valence-electron chi connectivity index (χ3n) is 17.9. The Bertz CT molecular complexity index is 3980. The van der Waals surface area contributed by atoms with E-state index in [0.717, 1.165) is 67.5 Å². The van der Waals surface area contributed by atoms with Gasteiger partial charge in [0.1, 0.15) is 61.5 Å². The highest BCUT2D eigenvalue weighted by Crippen LogP contribution is 2.44. The van der Waals surface area contributed by atoms with Crippen LogP contribution in [0.15, 0.2) is 145 Å². The number of hydrazine groups is 1. The fourth-order valence-corrected chi connectivity index (χ4v) is 12.8. The maximum absolute atomic E-state index is 15.3. The van der Waals surface area contributed by atoms with Gasteiger partial charge in [0.2, 0.25) is 23.6 Å². The molecule has 0 spiro atoms. The number of ether oxygens (including phenoxy) is 2. The minimum atomic E-state index is -1.38. The number of benzene rings is 5. The number of carbonyl (C=O) groups is 7. The predicted molar refractivity (Wildman–Crippen MR) is 345 cm³/mol. The molecular weight excluding hydrogens is 1210 g/mol. The van der Waals surface area contributed by atoms with E-state index in [9.17, 15) is 39.4 Å². The van der Waals surface area contributed by atoms with Gasteiger partial charge in [-0.1, -0.05) is 117 Å². The molecule has 27 heteroatoms. The number of hydrogen-bond donors (Lipinski definition) is 6. The molecule has 0 radical (unpaired) electrons. The molecule has 0 saturated carbocycles.